The lowest BCUT2D eigenvalue weighted by molar-refractivity contribution is -0.129. The fourth-order valence-corrected chi connectivity index (χ4v) is 5.45. The minimum absolute atomic E-state index is 0.0439. The van der Waals surface area contributed by atoms with Gasteiger partial charge in [-0.15, -0.1) is 0 Å². The Kier molecular flexibility index (Phi) is 9.56. The van der Waals surface area contributed by atoms with Crippen LogP contribution in [-0.2, 0) is 20.4 Å². The summed E-state index contributed by atoms with van der Waals surface area (Å²) < 4.78 is 13.9. The second-order valence-electron chi connectivity index (χ2n) is 12.2. The maximum atomic E-state index is 13.6. The smallest absolute Gasteiger partial charge is 0.330 e. The van der Waals surface area contributed by atoms with Crippen LogP contribution in [0.25, 0.3) is 0 Å². The third-order valence-electron chi connectivity index (χ3n) is 7.74. The number of aromatic nitrogens is 2. The highest BCUT2D eigenvalue weighted by Gasteiger charge is 2.51. The van der Waals surface area contributed by atoms with Gasteiger partial charge in [0.2, 0.25) is 5.91 Å². The monoisotopic (exact) mass is 545 g/mol. The molecule has 0 bridgehead atoms. The Labute approximate surface area is 225 Å². The van der Waals surface area contributed by atoms with Crippen molar-refractivity contribution in [1.82, 2.24) is 14.9 Å². The number of H-pyrrole nitrogens is 1. The predicted octanol–water partition coefficient (Wildman–Crippen LogP) is 3.06. The van der Waals surface area contributed by atoms with Gasteiger partial charge in [-0.05, 0) is 36.0 Å². The molecule has 3 N–H and O–H groups in total. The molecule has 210 valence electrons. The van der Waals surface area contributed by atoms with Crippen molar-refractivity contribution in [2.75, 3.05) is 13.2 Å². The van der Waals surface area contributed by atoms with Crippen LogP contribution in [0.5, 0.6) is 0 Å². The van der Waals surface area contributed by atoms with Crippen LogP contribution < -0.4 is 16.6 Å². The highest BCUT2D eigenvalue weighted by Crippen LogP contribution is 2.42. The number of ether oxygens (including phenoxy) is 1. The topological polar surface area (TPSA) is 123 Å². The maximum Gasteiger partial charge on any atom is 0.330 e. The number of nitrogens with one attached hydrogen (secondary N) is 2. The summed E-state index contributed by atoms with van der Waals surface area (Å²) in [5.74, 6) is -1.44. The first-order valence-electron chi connectivity index (χ1n) is 13.3. The third kappa shape index (κ3) is 7.10. The molecular weight excluding hydrogens is 502 g/mol. The maximum absolute atomic E-state index is 13.6. The number of hydrogen-bond donors (Lipinski definition) is 3. The molecule has 1 fully saturated rings. The van der Waals surface area contributed by atoms with Gasteiger partial charge >= 0.3 is 5.69 Å². The Balaban J connectivity index is 2.02. The second kappa shape index (κ2) is 12.1. The Hall–Kier alpha value is -2.53. The van der Waals surface area contributed by atoms with Crippen molar-refractivity contribution >= 4 is 14.2 Å². The Bertz CT molecular complexity index is 1190. The SMILES string of the molecule is CC(C)CNC(=O)[C@@H](Cc1ccccc1)[C@@H]1[C@H](O)[C@@H](CO[Si](C)(C)C(C)(C)C)O[C@H]1n1ccc(=O)[nH]c1=O. The Morgan fingerprint density at radius 2 is 1.84 bits per heavy atom. The van der Waals surface area contributed by atoms with E-state index in [0.717, 1.165) is 5.56 Å². The van der Waals surface area contributed by atoms with Crippen LogP contribution in [0.15, 0.2) is 52.2 Å². The third-order valence-corrected chi connectivity index (χ3v) is 12.2. The highest BCUT2D eigenvalue weighted by molar-refractivity contribution is 6.74. The average molecular weight is 546 g/mol. The summed E-state index contributed by atoms with van der Waals surface area (Å²) in [4.78, 5) is 40.5. The van der Waals surface area contributed by atoms with E-state index in [2.05, 4.69) is 44.2 Å². The zero-order valence-corrected chi connectivity index (χ0v) is 24.6. The summed E-state index contributed by atoms with van der Waals surface area (Å²) in [7, 11) is -2.17. The van der Waals surface area contributed by atoms with Gasteiger partial charge in [0.1, 0.15) is 12.3 Å². The molecule has 0 radical (unpaired) electrons. The van der Waals surface area contributed by atoms with E-state index in [1.54, 1.807) is 0 Å². The second-order valence-corrected chi connectivity index (χ2v) is 17.0. The Morgan fingerprint density at radius 1 is 1.18 bits per heavy atom. The van der Waals surface area contributed by atoms with E-state index in [9.17, 15) is 19.5 Å². The number of amides is 1. The molecule has 0 unspecified atom stereocenters. The van der Waals surface area contributed by atoms with E-state index < -0.39 is 49.8 Å². The van der Waals surface area contributed by atoms with Gasteiger partial charge in [-0.3, -0.25) is 19.1 Å². The molecule has 2 aromatic rings. The van der Waals surface area contributed by atoms with Crippen LogP contribution in [0.4, 0.5) is 0 Å². The van der Waals surface area contributed by atoms with Crippen LogP contribution in [0, 0.1) is 17.8 Å². The molecule has 1 amide bonds. The predicted molar refractivity (Wildman–Crippen MR) is 149 cm³/mol. The van der Waals surface area contributed by atoms with Crippen LogP contribution in [0.2, 0.25) is 18.1 Å². The first-order valence-corrected chi connectivity index (χ1v) is 16.2. The fourth-order valence-electron chi connectivity index (χ4n) is 4.43. The number of nitrogens with zero attached hydrogens (tertiary/aromatic N) is 1. The van der Waals surface area contributed by atoms with E-state index in [0.29, 0.717) is 13.0 Å². The van der Waals surface area contributed by atoms with E-state index in [4.69, 9.17) is 9.16 Å². The van der Waals surface area contributed by atoms with Crippen molar-refractivity contribution in [1.29, 1.82) is 0 Å². The summed E-state index contributed by atoms with van der Waals surface area (Å²) in [6.07, 6.45) is -1.11. The average Bonchev–Trinajstić information content (AvgIpc) is 3.15. The van der Waals surface area contributed by atoms with Gasteiger partial charge in [-0.1, -0.05) is 65.0 Å². The molecule has 1 aromatic heterocycles. The molecule has 0 spiro atoms. The summed E-state index contributed by atoms with van der Waals surface area (Å²) in [5.41, 5.74) is -0.265. The number of aromatic amines is 1. The first-order chi connectivity index (χ1) is 17.7. The molecule has 1 saturated heterocycles. The van der Waals surface area contributed by atoms with Gasteiger partial charge in [-0.2, -0.15) is 0 Å². The van der Waals surface area contributed by atoms with E-state index in [1.807, 2.05) is 44.2 Å². The number of aliphatic hydroxyl groups excluding tert-OH is 1. The molecule has 3 rings (SSSR count). The van der Waals surface area contributed by atoms with Gasteiger partial charge in [0.15, 0.2) is 8.32 Å². The normalized spacial score (nSPS) is 23.0. The lowest BCUT2D eigenvalue weighted by atomic mass is 9.81. The minimum atomic E-state index is -2.17. The van der Waals surface area contributed by atoms with Crippen molar-refractivity contribution in [3.8, 4) is 0 Å². The number of rotatable bonds is 10. The standard InChI is InChI=1S/C28H43N3O6Si/c1-18(2)16-29-25(34)20(15-19-11-9-8-10-12-19)23-24(33)21(17-36-38(6,7)28(3,4)5)37-26(23)31-14-13-22(32)30-27(31)35/h8-14,18,20-21,23-24,26,33H,15-17H2,1-7H3,(H,29,34)(H,30,32,35)/t20-,21+,23+,24+,26+/m0/s1. The fraction of sp³-hybridized carbons (Fsp3) is 0.607. The molecule has 1 aliphatic rings. The number of carbonyl (C=O) groups excluding carboxylic acids is 1. The molecule has 1 aromatic carbocycles. The summed E-state index contributed by atoms with van der Waals surface area (Å²) >= 11 is 0. The van der Waals surface area contributed by atoms with Crippen LogP contribution in [-0.4, -0.2) is 54.2 Å². The van der Waals surface area contributed by atoms with Crippen molar-refractivity contribution in [2.45, 2.75) is 77.6 Å². The number of aliphatic hydroxyl groups is 1. The molecule has 5 atom stereocenters. The van der Waals surface area contributed by atoms with Crippen molar-refractivity contribution in [2.24, 2.45) is 17.8 Å². The molecule has 38 heavy (non-hydrogen) atoms. The minimum Gasteiger partial charge on any atom is -0.414 e. The summed E-state index contributed by atoms with van der Waals surface area (Å²) in [6, 6.07) is 10.8. The molecular formula is C28H43N3O6Si. The van der Waals surface area contributed by atoms with Gasteiger partial charge in [0, 0.05) is 24.7 Å². The molecule has 10 heteroatoms. The molecule has 0 aliphatic carbocycles. The van der Waals surface area contributed by atoms with Crippen molar-refractivity contribution < 1.29 is 19.1 Å². The van der Waals surface area contributed by atoms with E-state index in [1.165, 1.54) is 16.8 Å². The number of hydrogen-bond acceptors (Lipinski definition) is 6. The quantitative estimate of drug-likeness (QED) is 0.395. The van der Waals surface area contributed by atoms with Crippen LogP contribution >= 0.6 is 0 Å². The lowest BCUT2D eigenvalue weighted by Gasteiger charge is -2.37. The summed E-state index contributed by atoms with van der Waals surface area (Å²) in [6.45, 7) is 15.3. The van der Waals surface area contributed by atoms with Crippen LogP contribution in [0.1, 0.15) is 46.4 Å². The molecule has 2 heterocycles. The molecule has 9 nitrogen and oxygen atoms in total. The highest BCUT2D eigenvalue weighted by atomic mass is 28.4. The van der Waals surface area contributed by atoms with Crippen molar-refractivity contribution in [3.63, 3.8) is 0 Å². The van der Waals surface area contributed by atoms with Crippen molar-refractivity contribution in [3.05, 3.63) is 69.0 Å². The zero-order chi connectivity index (χ0) is 28.3. The van der Waals surface area contributed by atoms with Gasteiger partial charge < -0.3 is 19.6 Å². The Morgan fingerprint density at radius 3 is 2.42 bits per heavy atom. The molecule has 0 saturated carbocycles. The number of carbonyl (C=O) groups is 1. The largest absolute Gasteiger partial charge is 0.414 e. The summed E-state index contributed by atoms with van der Waals surface area (Å²) in [5, 5.41) is 14.6. The zero-order valence-electron chi connectivity index (χ0n) is 23.6. The van der Waals surface area contributed by atoms with E-state index >= 15 is 0 Å². The first kappa shape index (κ1) is 30.0. The number of benzene rings is 1. The van der Waals surface area contributed by atoms with Gasteiger partial charge in [0.25, 0.3) is 5.56 Å². The van der Waals surface area contributed by atoms with Crippen LogP contribution in [0.3, 0.4) is 0 Å². The lowest BCUT2D eigenvalue weighted by Crippen LogP contribution is -2.46. The van der Waals surface area contributed by atoms with Gasteiger partial charge in [-0.25, -0.2) is 4.79 Å². The molecule has 1 aliphatic heterocycles. The van der Waals surface area contributed by atoms with E-state index in [-0.39, 0.29) is 23.5 Å². The van der Waals surface area contributed by atoms with Gasteiger partial charge in [0.05, 0.1) is 18.6 Å².